The molecule has 7 nitrogen and oxygen atoms in total. The van der Waals surface area contributed by atoms with Crippen molar-refractivity contribution in [3.8, 4) is 0 Å². The zero-order valence-corrected chi connectivity index (χ0v) is 13.3. The summed E-state index contributed by atoms with van der Waals surface area (Å²) in [7, 11) is 1.80. The van der Waals surface area contributed by atoms with Crippen LogP contribution in [-0.4, -0.2) is 41.6 Å². The number of hydrogen-bond acceptors (Lipinski definition) is 4. The van der Waals surface area contributed by atoms with Crippen molar-refractivity contribution in [2.75, 3.05) is 35.2 Å². The van der Waals surface area contributed by atoms with E-state index in [1.807, 2.05) is 24.3 Å². The summed E-state index contributed by atoms with van der Waals surface area (Å²) in [6, 6.07) is 9.24. The van der Waals surface area contributed by atoms with Crippen LogP contribution in [0.3, 0.4) is 0 Å². The number of anilines is 3. The van der Waals surface area contributed by atoms with Gasteiger partial charge in [-0.3, -0.25) is 10.00 Å². The van der Waals surface area contributed by atoms with Crippen LogP contribution in [0.15, 0.2) is 36.5 Å². The van der Waals surface area contributed by atoms with Gasteiger partial charge in [0.2, 0.25) is 0 Å². The molecule has 1 aliphatic rings. The van der Waals surface area contributed by atoms with Crippen molar-refractivity contribution in [3.05, 3.63) is 36.5 Å². The van der Waals surface area contributed by atoms with E-state index in [4.69, 9.17) is 4.74 Å². The molecule has 2 heterocycles. The molecule has 2 N–H and O–H groups in total. The van der Waals surface area contributed by atoms with Gasteiger partial charge in [0.1, 0.15) is 0 Å². The van der Waals surface area contributed by atoms with Crippen molar-refractivity contribution in [1.82, 2.24) is 9.78 Å². The molecule has 2 amide bonds. The number of carbonyl (C=O) groups excluding carboxylic acids is 1. The Labute approximate surface area is 135 Å². The summed E-state index contributed by atoms with van der Waals surface area (Å²) in [5, 5.41) is 9.58. The van der Waals surface area contributed by atoms with E-state index in [2.05, 4.69) is 27.6 Å². The van der Waals surface area contributed by atoms with Gasteiger partial charge in [-0.25, -0.2) is 4.79 Å². The molecule has 1 aromatic carbocycles. The quantitative estimate of drug-likeness (QED) is 0.911. The summed E-state index contributed by atoms with van der Waals surface area (Å²) < 4.78 is 7.18. The summed E-state index contributed by atoms with van der Waals surface area (Å²) in [5.41, 5.74) is 1.87. The lowest BCUT2D eigenvalue weighted by molar-refractivity contribution is 0.0532. The van der Waals surface area contributed by atoms with Gasteiger partial charge in [0.05, 0.1) is 12.7 Å². The Kier molecular flexibility index (Phi) is 4.47. The van der Waals surface area contributed by atoms with Crippen LogP contribution in [0, 0.1) is 0 Å². The van der Waals surface area contributed by atoms with E-state index >= 15 is 0 Å². The zero-order chi connectivity index (χ0) is 16.2. The predicted molar refractivity (Wildman–Crippen MR) is 89.9 cm³/mol. The van der Waals surface area contributed by atoms with Gasteiger partial charge in [-0.1, -0.05) is 0 Å². The molecule has 1 aromatic heterocycles. The highest BCUT2D eigenvalue weighted by molar-refractivity contribution is 5.99. The maximum atomic E-state index is 11.9. The fraction of sp³-hybridized carbons (Fsp3) is 0.375. The molecule has 1 fully saturated rings. The number of carbonyl (C=O) groups is 1. The number of ether oxygens (including phenoxy) is 1. The number of nitrogens with zero attached hydrogens (tertiary/aromatic N) is 3. The summed E-state index contributed by atoms with van der Waals surface area (Å²) >= 11 is 0. The van der Waals surface area contributed by atoms with Gasteiger partial charge in [-0.2, -0.15) is 5.10 Å². The van der Waals surface area contributed by atoms with Crippen LogP contribution in [-0.2, 0) is 11.8 Å². The van der Waals surface area contributed by atoms with E-state index < -0.39 is 0 Å². The lowest BCUT2D eigenvalue weighted by Gasteiger charge is -2.33. The van der Waals surface area contributed by atoms with Gasteiger partial charge >= 0.3 is 6.03 Å². The van der Waals surface area contributed by atoms with E-state index in [1.54, 1.807) is 24.0 Å². The Morgan fingerprint density at radius 1 is 1.26 bits per heavy atom. The number of hydrogen-bond donors (Lipinski definition) is 2. The van der Waals surface area contributed by atoms with Crippen LogP contribution in [0.1, 0.15) is 6.92 Å². The second-order valence-corrected chi connectivity index (χ2v) is 5.63. The van der Waals surface area contributed by atoms with Gasteiger partial charge in [0.25, 0.3) is 0 Å². The molecule has 0 unspecified atom stereocenters. The van der Waals surface area contributed by atoms with Crippen LogP contribution >= 0.6 is 0 Å². The topological polar surface area (TPSA) is 71.4 Å². The van der Waals surface area contributed by atoms with Crippen molar-refractivity contribution in [2.45, 2.75) is 13.0 Å². The average molecular weight is 315 g/mol. The molecule has 122 valence electrons. The fourth-order valence-electron chi connectivity index (χ4n) is 2.57. The largest absolute Gasteiger partial charge is 0.375 e. The van der Waals surface area contributed by atoms with E-state index in [1.165, 1.54) is 0 Å². The summed E-state index contributed by atoms with van der Waals surface area (Å²) in [6.07, 6.45) is 2.01. The van der Waals surface area contributed by atoms with E-state index in [0.717, 1.165) is 31.1 Å². The monoisotopic (exact) mass is 315 g/mol. The van der Waals surface area contributed by atoms with E-state index in [9.17, 15) is 4.79 Å². The fourth-order valence-corrected chi connectivity index (χ4v) is 2.57. The average Bonchev–Trinajstić information content (AvgIpc) is 2.93. The maximum Gasteiger partial charge on any atom is 0.324 e. The van der Waals surface area contributed by atoms with Gasteiger partial charge in [0, 0.05) is 43.8 Å². The van der Waals surface area contributed by atoms with Crippen LogP contribution in [0.5, 0.6) is 0 Å². The van der Waals surface area contributed by atoms with E-state index in [-0.39, 0.29) is 12.1 Å². The highest BCUT2D eigenvalue weighted by atomic mass is 16.5. The molecule has 0 bridgehead atoms. The number of aryl methyl sites for hydroxylation is 1. The first kappa shape index (κ1) is 15.4. The third kappa shape index (κ3) is 4.01. The summed E-state index contributed by atoms with van der Waals surface area (Å²) in [5.74, 6) is 0.518. The van der Waals surface area contributed by atoms with Crippen LogP contribution < -0.4 is 15.5 Å². The van der Waals surface area contributed by atoms with Crippen molar-refractivity contribution in [1.29, 1.82) is 0 Å². The molecule has 1 atom stereocenters. The second-order valence-electron chi connectivity index (χ2n) is 5.63. The molecule has 1 saturated heterocycles. The first-order chi connectivity index (χ1) is 11.1. The molecule has 2 aromatic rings. The van der Waals surface area contributed by atoms with Crippen LogP contribution in [0.2, 0.25) is 0 Å². The number of urea groups is 1. The Bertz CT molecular complexity index is 667. The first-order valence-corrected chi connectivity index (χ1v) is 7.64. The molecule has 0 radical (unpaired) electrons. The standard InChI is InChI=1S/C16H21N5O2/c1-12-11-21(9-10-23-12)14-5-3-13(4-6-14)17-16(22)18-15-7-8-20(2)19-15/h3-8,12H,9-11H2,1-2H3,(H2,17,18,19,22)/t12-/m1/s1. The van der Waals surface area contributed by atoms with Crippen molar-refractivity contribution < 1.29 is 9.53 Å². The smallest absolute Gasteiger partial charge is 0.324 e. The highest BCUT2D eigenvalue weighted by Gasteiger charge is 2.16. The van der Waals surface area contributed by atoms with Gasteiger partial charge in [0.15, 0.2) is 5.82 Å². The van der Waals surface area contributed by atoms with Gasteiger partial charge in [-0.15, -0.1) is 0 Å². The number of rotatable bonds is 3. The Morgan fingerprint density at radius 2 is 2.04 bits per heavy atom. The van der Waals surface area contributed by atoms with Crippen molar-refractivity contribution >= 4 is 23.2 Å². The normalized spacial score (nSPS) is 17.8. The molecule has 0 aliphatic carbocycles. The third-order valence-corrected chi connectivity index (χ3v) is 3.69. The van der Waals surface area contributed by atoms with Crippen molar-refractivity contribution in [2.24, 2.45) is 7.05 Å². The molecule has 23 heavy (non-hydrogen) atoms. The Morgan fingerprint density at radius 3 is 2.70 bits per heavy atom. The maximum absolute atomic E-state index is 11.9. The molecular formula is C16H21N5O2. The summed E-state index contributed by atoms with van der Waals surface area (Å²) in [4.78, 5) is 14.2. The summed E-state index contributed by atoms with van der Waals surface area (Å²) in [6.45, 7) is 4.59. The van der Waals surface area contributed by atoms with Gasteiger partial charge in [-0.05, 0) is 31.2 Å². The van der Waals surface area contributed by atoms with Crippen molar-refractivity contribution in [3.63, 3.8) is 0 Å². The van der Waals surface area contributed by atoms with Gasteiger partial charge < -0.3 is 15.0 Å². The molecule has 0 spiro atoms. The zero-order valence-electron chi connectivity index (χ0n) is 13.3. The first-order valence-electron chi connectivity index (χ1n) is 7.64. The minimum atomic E-state index is -0.309. The lowest BCUT2D eigenvalue weighted by atomic mass is 10.2. The minimum absolute atomic E-state index is 0.241. The minimum Gasteiger partial charge on any atom is -0.375 e. The predicted octanol–water partition coefficient (Wildman–Crippen LogP) is 2.29. The van der Waals surface area contributed by atoms with E-state index in [0.29, 0.717) is 5.82 Å². The SMILES string of the molecule is C[C@@H]1CN(c2ccc(NC(=O)Nc3ccn(C)n3)cc2)CCO1. The Balaban J connectivity index is 1.57. The molecular weight excluding hydrogens is 294 g/mol. The second kappa shape index (κ2) is 6.70. The Hall–Kier alpha value is -2.54. The third-order valence-electron chi connectivity index (χ3n) is 3.69. The lowest BCUT2D eigenvalue weighted by Crippen LogP contribution is -2.41. The molecule has 0 saturated carbocycles. The molecule has 7 heteroatoms. The molecule has 3 rings (SSSR count). The number of morpholine rings is 1. The number of benzene rings is 1. The number of amides is 2. The number of nitrogens with one attached hydrogen (secondary N) is 2. The molecule has 1 aliphatic heterocycles. The number of aromatic nitrogens is 2. The van der Waals surface area contributed by atoms with Crippen LogP contribution in [0.4, 0.5) is 22.0 Å². The van der Waals surface area contributed by atoms with Crippen LogP contribution in [0.25, 0.3) is 0 Å². The highest BCUT2D eigenvalue weighted by Crippen LogP contribution is 2.20.